The number of nitrogens with one attached hydrogen (secondary N) is 2. The van der Waals surface area contributed by atoms with Crippen LogP contribution in [0.2, 0.25) is 5.02 Å². The third-order valence-corrected chi connectivity index (χ3v) is 3.84. The van der Waals surface area contributed by atoms with E-state index in [0.717, 1.165) is 29.0 Å². The lowest BCUT2D eigenvalue weighted by Gasteiger charge is -2.38. The van der Waals surface area contributed by atoms with E-state index in [1.807, 2.05) is 0 Å². The molecule has 2 N–H and O–H groups in total. The van der Waals surface area contributed by atoms with Crippen molar-refractivity contribution < 1.29 is 44.3 Å². The topological polar surface area (TPSA) is 66.9 Å². The van der Waals surface area contributed by atoms with Gasteiger partial charge in [0.2, 0.25) is 0 Å². The van der Waals surface area contributed by atoms with E-state index in [9.17, 15) is 44.3 Å². The van der Waals surface area contributed by atoms with Crippen molar-refractivity contribution in [2.75, 3.05) is 5.32 Å². The van der Waals surface area contributed by atoms with E-state index in [1.165, 1.54) is 0 Å². The Morgan fingerprint density at radius 3 is 2.00 bits per heavy atom. The maximum atomic E-state index is 13.6. The van der Waals surface area contributed by atoms with E-state index in [4.69, 9.17) is 11.6 Å². The zero-order valence-electron chi connectivity index (χ0n) is 14.0. The average molecular weight is 467 g/mol. The van der Waals surface area contributed by atoms with Crippen LogP contribution in [0.1, 0.15) is 15.9 Å². The molecular formula is C15H8ClF9N4O. The van der Waals surface area contributed by atoms with Crippen LogP contribution < -0.4 is 10.6 Å². The molecule has 2 aromatic heterocycles. The first-order valence-electron chi connectivity index (χ1n) is 7.45. The Morgan fingerprint density at radius 1 is 0.967 bits per heavy atom. The van der Waals surface area contributed by atoms with E-state index >= 15 is 0 Å². The number of hydrogen-bond donors (Lipinski definition) is 2. The van der Waals surface area contributed by atoms with Crippen LogP contribution in [0.5, 0.6) is 0 Å². The monoisotopic (exact) mass is 466 g/mol. The normalized spacial score (nSPS) is 13.1. The summed E-state index contributed by atoms with van der Waals surface area (Å²) >= 11 is 5.41. The molecule has 0 saturated heterocycles. The maximum Gasteiger partial charge on any atom is 0.439 e. The number of aromatic nitrogens is 2. The average Bonchev–Trinajstić information content (AvgIpc) is 2.60. The van der Waals surface area contributed by atoms with Crippen LogP contribution in [0, 0.1) is 0 Å². The van der Waals surface area contributed by atoms with Gasteiger partial charge in [-0.15, -0.1) is 0 Å². The second-order valence-electron chi connectivity index (χ2n) is 5.62. The zero-order valence-corrected chi connectivity index (χ0v) is 14.8. The summed E-state index contributed by atoms with van der Waals surface area (Å²) < 4.78 is 119. The van der Waals surface area contributed by atoms with E-state index in [-0.39, 0.29) is 12.3 Å². The van der Waals surface area contributed by atoms with Crippen molar-refractivity contribution in [3.8, 4) is 0 Å². The number of carbonyl (C=O) groups is 1. The van der Waals surface area contributed by atoms with Gasteiger partial charge in [-0.3, -0.25) is 9.78 Å². The molecule has 1 amide bonds. The van der Waals surface area contributed by atoms with Crippen LogP contribution in [0.25, 0.3) is 0 Å². The van der Waals surface area contributed by atoms with Gasteiger partial charge in [-0.1, -0.05) is 11.6 Å². The first-order chi connectivity index (χ1) is 13.6. The van der Waals surface area contributed by atoms with Crippen molar-refractivity contribution in [2.24, 2.45) is 0 Å². The predicted octanol–water partition coefficient (Wildman–Crippen LogP) is 4.81. The molecule has 2 rings (SSSR count). The van der Waals surface area contributed by atoms with Gasteiger partial charge >= 0.3 is 24.2 Å². The van der Waals surface area contributed by atoms with Crippen LogP contribution in [0.15, 0.2) is 36.8 Å². The van der Waals surface area contributed by atoms with Gasteiger partial charge in [-0.25, -0.2) is 4.98 Å². The third-order valence-electron chi connectivity index (χ3n) is 3.55. The Hall–Kier alpha value is -2.77. The SMILES string of the molecule is O=C(NC(Nc1ncc(C(F)(F)F)cc1Cl)(C(F)(F)F)C(F)(F)F)c1cccnc1. The van der Waals surface area contributed by atoms with Crippen molar-refractivity contribution in [1.82, 2.24) is 15.3 Å². The molecular weight excluding hydrogens is 459 g/mol. The molecule has 164 valence electrons. The quantitative estimate of drug-likeness (QED) is 0.501. The maximum absolute atomic E-state index is 13.6. The van der Waals surface area contributed by atoms with Crippen LogP contribution >= 0.6 is 11.6 Å². The Bertz CT molecular complexity index is 899. The van der Waals surface area contributed by atoms with E-state index in [0.29, 0.717) is 6.20 Å². The molecule has 30 heavy (non-hydrogen) atoms. The lowest BCUT2D eigenvalue weighted by atomic mass is 10.1. The molecule has 0 unspecified atom stereocenters. The number of anilines is 1. The fraction of sp³-hybridized carbons (Fsp3) is 0.267. The van der Waals surface area contributed by atoms with Crippen molar-refractivity contribution in [3.05, 3.63) is 52.9 Å². The predicted molar refractivity (Wildman–Crippen MR) is 84.4 cm³/mol. The Kier molecular flexibility index (Phi) is 6.12. The Labute approximate surface area is 166 Å². The standard InChI is InChI=1S/C15H8ClF9N4O/c16-9-4-8(12(17,18)19)6-27-10(9)28-13(14(20,21)22,15(23,24)25)29-11(30)7-2-1-3-26-5-7/h1-6H,(H,27,28)(H,29,30). The summed E-state index contributed by atoms with van der Waals surface area (Å²) in [6, 6.07) is 2.06. The van der Waals surface area contributed by atoms with Crippen molar-refractivity contribution in [2.45, 2.75) is 24.2 Å². The molecule has 2 aromatic rings. The third kappa shape index (κ3) is 4.68. The lowest BCUT2D eigenvalue weighted by Crippen LogP contribution is -2.72. The summed E-state index contributed by atoms with van der Waals surface area (Å²) in [6.07, 6.45) is -15.7. The molecule has 2 heterocycles. The fourth-order valence-electron chi connectivity index (χ4n) is 2.08. The number of hydrogen-bond acceptors (Lipinski definition) is 4. The smallest absolute Gasteiger partial charge is 0.331 e. The second-order valence-corrected chi connectivity index (χ2v) is 6.03. The van der Waals surface area contributed by atoms with Crippen molar-refractivity contribution in [1.29, 1.82) is 0 Å². The van der Waals surface area contributed by atoms with Crippen LogP contribution in [0.4, 0.5) is 45.3 Å². The number of nitrogens with zero attached hydrogens (tertiary/aromatic N) is 2. The van der Waals surface area contributed by atoms with Crippen molar-refractivity contribution >= 4 is 23.3 Å². The van der Waals surface area contributed by atoms with Crippen LogP contribution in [-0.4, -0.2) is 33.9 Å². The summed E-state index contributed by atoms with van der Waals surface area (Å²) in [4.78, 5) is 18.3. The molecule has 0 saturated carbocycles. The fourth-order valence-corrected chi connectivity index (χ4v) is 2.29. The number of pyridine rings is 2. The molecule has 0 aromatic carbocycles. The Morgan fingerprint density at radius 2 is 1.57 bits per heavy atom. The van der Waals surface area contributed by atoms with Gasteiger partial charge in [0, 0.05) is 18.6 Å². The number of rotatable bonds is 4. The van der Waals surface area contributed by atoms with Gasteiger partial charge in [0.05, 0.1) is 16.1 Å². The first-order valence-corrected chi connectivity index (χ1v) is 7.83. The van der Waals surface area contributed by atoms with Gasteiger partial charge in [-0.2, -0.15) is 39.5 Å². The molecule has 0 fully saturated rings. The van der Waals surface area contributed by atoms with Gasteiger partial charge in [0.15, 0.2) is 0 Å². The summed E-state index contributed by atoms with van der Waals surface area (Å²) in [5.41, 5.74) is -7.30. The summed E-state index contributed by atoms with van der Waals surface area (Å²) in [5, 5.41) is 0.498. The van der Waals surface area contributed by atoms with E-state index in [2.05, 4.69) is 9.97 Å². The highest BCUT2D eigenvalue weighted by atomic mass is 35.5. The van der Waals surface area contributed by atoms with Gasteiger partial charge in [0.1, 0.15) is 5.82 Å². The van der Waals surface area contributed by atoms with Gasteiger partial charge in [-0.05, 0) is 18.2 Å². The molecule has 15 heteroatoms. The molecule has 0 atom stereocenters. The van der Waals surface area contributed by atoms with Crippen LogP contribution in [-0.2, 0) is 6.18 Å². The van der Waals surface area contributed by atoms with Crippen molar-refractivity contribution in [3.63, 3.8) is 0 Å². The zero-order chi connectivity index (χ0) is 23.0. The second kappa shape index (κ2) is 7.81. The van der Waals surface area contributed by atoms with Crippen LogP contribution in [0.3, 0.4) is 0 Å². The number of amides is 1. The minimum absolute atomic E-state index is 0.0192. The highest BCUT2D eigenvalue weighted by Crippen LogP contribution is 2.44. The largest absolute Gasteiger partial charge is 0.439 e. The molecule has 0 spiro atoms. The summed E-state index contributed by atoms with van der Waals surface area (Å²) in [5.74, 6) is -3.22. The first kappa shape index (κ1) is 23.5. The number of carbonyl (C=O) groups excluding carboxylic acids is 1. The van der Waals surface area contributed by atoms with E-state index < -0.39 is 52.1 Å². The molecule has 0 radical (unpaired) electrons. The molecule has 0 aliphatic heterocycles. The minimum atomic E-state index is -6.23. The van der Waals surface area contributed by atoms with Gasteiger partial charge < -0.3 is 10.6 Å². The highest BCUT2D eigenvalue weighted by molar-refractivity contribution is 6.33. The number of halogens is 10. The minimum Gasteiger partial charge on any atom is -0.331 e. The summed E-state index contributed by atoms with van der Waals surface area (Å²) in [7, 11) is 0. The number of alkyl halides is 9. The highest BCUT2D eigenvalue weighted by Gasteiger charge is 2.73. The van der Waals surface area contributed by atoms with E-state index in [1.54, 1.807) is 0 Å². The lowest BCUT2D eigenvalue weighted by molar-refractivity contribution is -0.294. The summed E-state index contributed by atoms with van der Waals surface area (Å²) in [6.45, 7) is 0. The molecule has 0 aliphatic carbocycles. The van der Waals surface area contributed by atoms with Gasteiger partial charge in [0.25, 0.3) is 5.91 Å². The molecule has 0 aliphatic rings. The Balaban J connectivity index is 2.56. The molecule has 0 bridgehead atoms. The molecule has 5 nitrogen and oxygen atoms in total.